The van der Waals surface area contributed by atoms with Gasteiger partial charge in [-0.1, -0.05) is 37.3 Å². The number of hydrogen-bond acceptors (Lipinski definition) is 4. The number of Topliss-reactive ketones (excluding diaryl/α,β-unsaturated/α-hetero) is 1. The van der Waals surface area contributed by atoms with E-state index in [1.54, 1.807) is 6.92 Å². The Hall–Kier alpha value is -2.17. The van der Waals surface area contributed by atoms with Gasteiger partial charge in [-0.05, 0) is 18.4 Å². The third kappa shape index (κ3) is 6.52. The van der Waals surface area contributed by atoms with Gasteiger partial charge in [0.05, 0.1) is 7.11 Å². The van der Waals surface area contributed by atoms with Crippen LogP contribution in [0.15, 0.2) is 30.3 Å². The first-order valence-electron chi connectivity index (χ1n) is 7.49. The fourth-order valence-corrected chi connectivity index (χ4v) is 2.04. The van der Waals surface area contributed by atoms with Gasteiger partial charge in [0.2, 0.25) is 5.91 Å². The summed E-state index contributed by atoms with van der Waals surface area (Å²) in [7, 11) is 1.27. The Kier molecular flexibility index (Phi) is 7.89. The minimum Gasteiger partial charge on any atom is -0.467 e. The normalized spacial score (nSPS) is 11.5. The van der Waals surface area contributed by atoms with E-state index in [4.69, 9.17) is 0 Å². The summed E-state index contributed by atoms with van der Waals surface area (Å²) in [5.41, 5.74) is 1.06. The van der Waals surface area contributed by atoms with Crippen molar-refractivity contribution in [2.45, 2.75) is 45.1 Å². The van der Waals surface area contributed by atoms with Gasteiger partial charge in [0.25, 0.3) is 0 Å². The van der Waals surface area contributed by atoms with E-state index in [1.165, 1.54) is 7.11 Å². The van der Waals surface area contributed by atoms with Crippen molar-refractivity contribution in [1.29, 1.82) is 0 Å². The second kappa shape index (κ2) is 9.71. The molecule has 5 nitrogen and oxygen atoms in total. The van der Waals surface area contributed by atoms with Gasteiger partial charge in [-0.3, -0.25) is 9.59 Å². The van der Waals surface area contributed by atoms with Crippen molar-refractivity contribution >= 4 is 17.7 Å². The van der Waals surface area contributed by atoms with Crippen molar-refractivity contribution in [2.24, 2.45) is 0 Å². The summed E-state index contributed by atoms with van der Waals surface area (Å²) >= 11 is 0. The molecule has 1 aromatic carbocycles. The number of amides is 1. The van der Waals surface area contributed by atoms with Gasteiger partial charge in [0.15, 0.2) is 0 Å². The maximum atomic E-state index is 12.0. The van der Waals surface area contributed by atoms with E-state index in [9.17, 15) is 14.4 Å². The van der Waals surface area contributed by atoms with Crippen LogP contribution in [0.3, 0.4) is 0 Å². The van der Waals surface area contributed by atoms with Crippen LogP contribution in [0.25, 0.3) is 0 Å². The average molecular weight is 305 g/mol. The predicted molar refractivity (Wildman–Crippen MR) is 83.2 cm³/mol. The first-order valence-corrected chi connectivity index (χ1v) is 7.49. The maximum absolute atomic E-state index is 12.0. The van der Waals surface area contributed by atoms with Crippen LogP contribution in [0.1, 0.15) is 38.2 Å². The first-order chi connectivity index (χ1) is 10.6. The van der Waals surface area contributed by atoms with Crippen LogP contribution in [-0.4, -0.2) is 30.8 Å². The third-order valence-corrected chi connectivity index (χ3v) is 3.41. The van der Waals surface area contributed by atoms with Crippen LogP contribution >= 0.6 is 0 Å². The van der Waals surface area contributed by atoms with E-state index >= 15 is 0 Å². The average Bonchev–Trinajstić information content (AvgIpc) is 2.56. The number of esters is 1. The second-order valence-electron chi connectivity index (χ2n) is 5.06. The summed E-state index contributed by atoms with van der Waals surface area (Å²) in [6.07, 6.45) is 1.86. The first kappa shape index (κ1) is 17.9. The maximum Gasteiger partial charge on any atom is 0.328 e. The van der Waals surface area contributed by atoms with Crippen molar-refractivity contribution in [2.75, 3.05) is 7.11 Å². The molecule has 0 aliphatic carbocycles. The largest absolute Gasteiger partial charge is 0.467 e. The summed E-state index contributed by atoms with van der Waals surface area (Å²) in [4.78, 5) is 35.0. The molecule has 0 aliphatic rings. The molecule has 0 spiro atoms. The molecule has 5 heteroatoms. The number of benzene rings is 1. The minimum atomic E-state index is -0.760. The van der Waals surface area contributed by atoms with Crippen molar-refractivity contribution in [3.63, 3.8) is 0 Å². The van der Waals surface area contributed by atoms with Crippen LogP contribution < -0.4 is 5.32 Å². The number of hydrogen-bond donors (Lipinski definition) is 1. The Morgan fingerprint density at radius 2 is 1.82 bits per heavy atom. The molecule has 0 saturated heterocycles. The molecule has 1 atom stereocenters. The number of rotatable bonds is 9. The Bertz CT molecular complexity index is 499. The van der Waals surface area contributed by atoms with E-state index in [-0.39, 0.29) is 24.5 Å². The topological polar surface area (TPSA) is 72.5 Å². The number of methoxy groups -OCH3 is 1. The van der Waals surface area contributed by atoms with Gasteiger partial charge in [-0.15, -0.1) is 0 Å². The smallest absolute Gasteiger partial charge is 0.328 e. The number of carbonyl (C=O) groups excluding carboxylic acids is 3. The van der Waals surface area contributed by atoms with Gasteiger partial charge in [-0.2, -0.15) is 0 Å². The quantitative estimate of drug-likeness (QED) is 0.709. The SMILES string of the molecule is CCC(=O)CC[C@H](NC(=O)CCc1ccccc1)C(=O)OC. The molecule has 0 heterocycles. The lowest BCUT2D eigenvalue weighted by Gasteiger charge is -2.16. The molecule has 0 radical (unpaired) electrons. The standard InChI is InChI=1S/C17H23NO4/c1-3-14(19)10-11-15(17(21)22-2)18-16(20)12-9-13-7-5-4-6-8-13/h4-8,15H,3,9-12H2,1-2H3,(H,18,20)/t15-/m0/s1. The molecular weight excluding hydrogens is 282 g/mol. The highest BCUT2D eigenvalue weighted by molar-refractivity contribution is 5.85. The van der Waals surface area contributed by atoms with Crippen LogP contribution in [0.5, 0.6) is 0 Å². The molecule has 0 aromatic heterocycles. The molecule has 22 heavy (non-hydrogen) atoms. The summed E-state index contributed by atoms with van der Waals surface area (Å²) < 4.78 is 4.68. The fraction of sp³-hybridized carbons (Fsp3) is 0.471. The zero-order valence-corrected chi connectivity index (χ0v) is 13.1. The number of ketones is 1. The summed E-state index contributed by atoms with van der Waals surface area (Å²) in [5.74, 6) is -0.674. The van der Waals surface area contributed by atoms with E-state index < -0.39 is 12.0 Å². The Labute approximate surface area is 131 Å². The predicted octanol–water partition coefficient (Wildman–Crippen LogP) is 2.04. The molecule has 1 amide bonds. The molecule has 1 aromatic rings. The van der Waals surface area contributed by atoms with Crippen LogP contribution in [0, 0.1) is 0 Å². The van der Waals surface area contributed by atoms with Gasteiger partial charge in [-0.25, -0.2) is 4.79 Å². The van der Waals surface area contributed by atoms with Crippen LogP contribution in [0.4, 0.5) is 0 Å². The third-order valence-electron chi connectivity index (χ3n) is 3.41. The number of nitrogens with one attached hydrogen (secondary N) is 1. The van der Waals surface area contributed by atoms with Gasteiger partial charge in [0.1, 0.15) is 11.8 Å². The van der Waals surface area contributed by atoms with Crippen molar-refractivity contribution in [1.82, 2.24) is 5.32 Å². The van der Waals surface area contributed by atoms with Crippen molar-refractivity contribution in [3.05, 3.63) is 35.9 Å². The Balaban J connectivity index is 2.48. The molecular formula is C17H23NO4. The molecule has 0 bridgehead atoms. The molecule has 0 aliphatic heterocycles. The minimum absolute atomic E-state index is 0.0624. The Morgan fingerprint density at radius 3 is 2.41 bits per heavy atom. The monoisotopic (exact) mass is 305 g/mol. The summed E-state index contributed by atoms with van der Waals surface area (Å²) in [6.45, 7) is 1.77. The van der Waals surface area contributed by atoms with Gasteiger partial charge in [0, 0.05) is 19.3 Å². The zero-order chi connectivity index (χ0) is 16.4. The van der Waals surface area contributed by atoms with E-state index in [1.807, 2.05) is 30.3 Å². The summed E-state index contributed by atoms with van der Waals surface area (Å²) in [5, 5.41) is 2.65. The highest BCUT2D eigenvalue weighted by Crippen LogP contribution is 2.05. The number of aryl methyl sites for hydroxylation is 1. The van der Waals surface area contributed by atoms with Gasteiger partial charge >= 0.3 is 5.97 Å². The molecule has 0 saturated carbocycles. The van der Waals surface area contributed by atoms with Crippen molar-refractivity contribution in [3.8, 4) is 0 Å². The Morgan fingerprint density at radius 1 is 1.14 bits per heavy atom. The lowest BCUT2D eigenvalue weighted by molar-refractivity contribution is -0.145. The molecule has 0 fully saturated rings. The van der Waals surface area contributed by atoms with Crippen LogP contribution in [-0.2, 0) is 25.5 Å². The molecule has 120 valence electrons. The molecule has 0 unspecified atom stereocenters. The highest BCUT2D eigenvalue weighted by Gasteiger charge is 2.21. The van der Waals surface area contributed by atoms with Gasteiger partial charge < -0.3 is 10.1 Å². The fourth-order valence-electron chi connectivity index (χ4n) is 2.04. The number of ether oxygens (including phenoxy) is 1. The number of carbonyl (C=O) groups is 3. The van der Waals surface area contributed by atoms with Crippen molar-refractivity contribution < 1.29 is 19.1 Å². The lowest BCUT2D eigenvalue weighted by atomic mass is 10.1. The van der Waals surface area contributed by atoms with Crippen LogP contribution in [0.2, 0.25) is 0 Å². The summed E-state index contributed by atoms with van der Waals surface area (Å²) in [6, 6.07) is 8.89. The second-order valence-corrected chi connectivity index (χ2v) is 5.06. The highest BCUT2D eigenvalue weighted by atomic mass is 16.5. The molecule has 1 rings (SSSR count). The van der Waals surface area contributed by atoms with E-state index in [0.717, 1.165) is 5.56 Å². The molecule has 1 N–H and O–H groups in total. The lowest BCUT2D eigenvalue weighted by Crippen LogP contribution is -2.41. The zero-order valence-electron chi connectivity index (χ0n) is 13.1. The van der Waals surface area contributed by atoms with E-state index in [2.05, 4.69) is 10.1 Å². The van der Waals surface area contributed by atoms with E-state index in [0.29, 0.717) is 19.3 Å².